The Morgan fingerprint density at radius 3 is 2.55 bits per heavy atom. The van der Waals surface area contributed by atoms with Crippen molar-refractivity contribution in [1.29, 1.82) is 0 Å². The van der Waals surface area contributed by atoms with Crippen LogP contribution < -0.4 is 10.6 Å². The van der Waals surface area contributed by atoms with E-state index in [4.69, 9.17) is 9.47 Å². The maximum Gasteiger partial charge on any atom is 0.338 e. The highest BCUT2D eigenvalue weighted by atomic mass is 32.2. The van der Waals surface area contributed by atoms with Crippen LogP contribution in [0.25, 0.3) is 0 Å². The third-order valence-electron chi connectivity index (χ3n) is 3.94. The van der Waals surface area contributed by atoms with Gasteiger partial charge in [0.15, 0.2) is 6.61 Å². The van der Waals surface area contributed by atoms with Gasteiger partial charge < -0.3 is 14.8 Å². The number of benzene rings is 1. The number of carbonyl (C=O) groups is 3. The fourth-order valence-corrected chi connectivity index (χ4v) is 3.89. The highest BCUT2D eigenvalue weighted by Gasteiger charge is 2.27. The van der Waals surface area contributed by atoms with E-state index in [1.54, 1.807) is 0 Å². The predicted molar refractivity (Wildman–Crippen MR) is 103 cm³/mol. The third kappa shape index (κ3) is 6.80. The number of hydrogen-bond donors (Lipinski definition) is 2. The van der Waals surface area contributed by atoms with Gasteiger partial charge in [0.25, 0.3) is 5.91 Å². The topological polar surface area (TPSA) is 131 Å². The Labute approximate surface area is 169 Å². The largest absolute Gasteiger partial charge is 0.452 e. The minimum absolute atomic E-state index is 0.0172. The molecule has 0 bridgehead atoms. The Morgan fingerprint density at radius 1 is 1.21 bits per heavy atom. The van der Waals surface area contributed by atoms with Crippen LogP contribution in [-0.2, 0) is 24.3 Å². The number of imide groups is 1. The van der Waals surface area contributed by atoms with Gasteiger partial charge in [-0.25, -0.2) is 18.0 Å². The monoisotopic (exact) mass is 427 g/mol. The van der Waals surface area contributed by atoms with Gasteiger partial charge >= 0.3 is 12.0 Å². The van der Waals surface area contributed by atoms with Gasteiger partial charge in [0.1, 0.15) is 0 Å². The molecule has 0 unspecified atom stereocenters. The first-order valence-electron chi connectivity index (χ1n) is 9.13. The van der Waals surface area contributed by atoms with Crippen molar-refractivity contribution >= 4 is 27.9 Å². The quantitative estimate of drug-likeness (QED) is 0.600. The number of amides is 3. The molecule has 3 amide bonds. The van der Waals surface area contributed by atoms with Gasteiger partial charge in [-0.1, -0.05) is 19.9 Å². The average Bonchev–Trinajstić information content (AvgIpc) is 2.71. The molecule has 11 heteroatoms. The molecule has 160 valence electrons. The first kappa shape index (κ1) is 22.8. The average molecular weight is 427 g/mol. The summed E-state index contributed by atoms with van der Waals surface area (Å²) in [4.78, 5) is 35.3. The molecule has 1 heterocycles. The second kappa shape index (κ2) is 10.3. The van der Waals surface area contributed by atoms with Crippen LogP contribution in [0.3, 0.4) is 0 Å². The van der Waals surface area contributed by atoms with E-state index in [2.05, 4.69) is 5.32 Å². The highest BCUT2D eigenvalue weighted by molar-refractivity contribution is 7.89. The molecule has 1 aliphatic rings. The van der Waals surface area contributed by atoms with Crippen LogP contribution in [0, 0.1) is 5.92 Å². The summed E-state index contributed by atoms with van der Waals surface area (Å²) in [5, 5.41) is 4.54. The number of sulfonamides is 1. The number of esters is 1. The SMILES string of the molecule is CC(C)CNC(=O)NC(=O)COC(=O)c1cccc(S(=O)(=O)N2CCOCC2)c1. The van der Waals surface area contributed by atoms with Crippen LogP contribution in [0.4, 0.5) is 4.79 Å². The molecule has 2 rings (SSSR count). The van der Waals surface area contributed by atoms with Gasteiger partial charge in [-0.15, -0.1) is 0 Å². The Kier molecular flexibility index (Phi) is 8.11. The molecule has 0 aromatic heterocycles. The number of rotatable bonds is 7. The fourth-order valence-electron chi connectivity index (χ4n) is 2.44. The molecule has 0 radical (unpaired) electrons. The molecule has 0 aliphatic carbocycles. The van der Waals surface area contributed by atoms with E-state index in [1.807, 2.05) is 19.2 Å². The molecule has 0 atom stereocenters. The van der Waals surface area contributed by atoms with Crippen LogP contribution in [-0.4, -0.2) is 70.1 Å². The molecule has 1 saturated heterocycles. The van der Waals surface area contributed by atoms with Gasteiger partial charge in [0.05, 0.1) is 23.7 Å². The summed E-state index contributed by atoms with van der Waals surface area (Å²) in [7, 11) is -3.77. The molecule has 0 spiro atoms. The van der Waals surface area contributed by atoms with Crippen molar-refractivity contribution in [3.63, 3.8) is 0 Å². The van der Waals surface area contributed by atoms with Crippen LogP contribution in [0.1, 0.15) is 24.2 Å². The lowest BCUT2D eigenvalue weighted by Crippen LogP contribution is -2.42. The Hall–Kier alpha value is -2.50. The van der Waals surface area contributed by atoms with Gasteiger partial charge in [-0.05, 0) is 24.1 Å². The third-order valence-corrected chi connectivity index (χ3v) is 5.83. The van der Waals surface area contributed by atoms with E-state index in [9.17, 15) is 22.8 Å². The van der Waals surface area contributed by atoms with Crippen molar-refractivity contribution in [2.75, 3.05) is 39.5 Å². The maximum atomic E-state index is 12.7. The zero-order valence-corrected chi connectivity index (χ0v) is 17.2. The van der Waals surface area contributed by atoms with E-state index in [-0.39, 0.29) is 29.5 Å². The van der Waals surface area contributed by atoms with Gasteiger partial charge in [-0.2, -0.15) is 4.31 Å². The summed E-state index contributed by atoms with van der Waals surface area (Å²) >= 11 is 0. The Balaban J connectivity index is 1.93. The first-order valence-corrected chi connectivity index (χ1v) is 10.6. The minimum Gasteiger partial charge on any atom is -0.452 e. The number of urea groups is 1. The molecular weight excluding hydrogens is 402 g/mol. The molecule has 1 fully saturated rings. The molecule has 1 aromatic carbocycles. The van der Waals surface area contributed by atoms with E-state index >= 15 is 0 Å². The van der Waals surface area contributed by atoms with Crippen LogP contribution in [0.5, 0.6) is 0 Å². The standard InChI is InChI=1S/C18H25N3O7S/c1-13(2)11-19-18(24)20-16(22)12-28-17(23)14-4-3-5-15(10-14)29(25,26)21-6-8-27-9-7-21/h3-5,10,13H,6-9,11-12H2,1-2H3,(H2,19,20,22,24). The molecule has 0 saturated carbocycles. The molecular formula is C18H25N3O7S. The number of ether oxygens (including phenoxy) is 2. The molecule has 29 heavy (non-hydrogen) atoms. The summed E-state index contributed by atoms with van der Waals surface area (Å²) < 4.78 is 36.6. The number of nitrogens with zero attached hydrogens (tertiary/aromatic N) is 1. The van der Waals surface area contributed by atoms with Crippen molar-refractivity contribution in [3.8, 4) is 0 Å². The smallest absolute Gasteiger partial charge is 0.338 e. The Morgan fingerprint density at radius 2 is 1.90 bits per heavy atom. The van der Waals surface area contributed by atoms with Crippen molar-refractivity contribution in [2.24, 2.45) is 5.92 Å². The zero-order chi connectivity index (χ0) is 21.4. The van der Waals surface area contributed by atoms with Crippen molar-refractivity contribution in [1.82, 2.24) is 14.9 Å². The second-order valence-electron chi connectivity index (χ2n) is 6.77. The lowest BCUT2D eigenvalue weighted by molar-refractivity contribution is -0.123. The van der Waals surface area contributed by atoms with Crippen LogP contribution in [0.15, 0.2) is 29.2 Å². The zero-order valence-electron chi connectivity index (χ0n) is 16.3. The van der Waals surface area contributed by atoms with E-state index in [0.717, 1.165) is 0 Å². The summed E-state index contributed by atoms with van der Waals surface area (Å²) in [5.41, 5.74) is -0.0172. The lowest BCUT2D eigenvalue weighted by atomic mass is 10.2. The molecule has 1 aliphatic heterocycles. The van der Waals surface area contributed by atoms with Crippen LogP contribution in [0.2, 0.25) is 0 Å². The number of carbonyl (C=O) groups excluding carboxylic acids is 3. The maximum absolute atomic E-state index is 12.7. The first-order chi connectivity index (χ1) is 13.7. The molecule has 2 N–H and O–H groups in total. The minimum atomic E-state index is -3.77. The summed E-state index contributed by atoms with van der Waals surface area (Å²) in [6.07, 6.45) is 0. The van der Waals surface area contributed by atoms with Gasteiger partial charge in [-0.3, -0.25) is 10.1 Å². The highest BCUT2D eigenvalue weighted by Crippen LogP contribution is 2.18. The van der Waals surface area contributed by atoms with Crippen molar-refractivity contribution in [2.45, 2.75) is 18.7 Å². The van der Waals surface area contributed by atoms with Crippen molar-refractivity contribution < 1.29 is 32.3 Å². The number of nitrogens with one attached hydrogen (secondary N) is 2. The fraction of sp³-hybridized carbons (Fsp3) is 0.500. The van der Waals surface area contributed by atoms with E-state index < -0.39 is 34.5 Å². The predicted octanol–water partition coefficient (Wildman–Crippen LogP) is 0.346. The number of morpholine rings is 1. The van der Waals surface area contributed by atoms with Crippen molar-refractivity contribution in [3.05, 3.63) is 29.8 Å². The normalized spacial score (nSPS) is 15.0. The van der Waals surface area contributed by atoms with Crippen LogP contribution >= 0.6 is 0 Å². The summed E-state index contributed by atoms with van der Waals surface area (Å²) in [5.74, 6) is -1.45. The van der Waals surface area contributed by atoms with Gasteiger partial charge in [0, 0.05) is 19.6 Å². The van der Waals surface area contributed by atoms with E-state index in [1.165, 1.54) is 28.6 Å². The summed E-state index contributed by atoms with van der Waals surface area (Å²) in [6, 6.07) is 4.70. The number of hydrogen-bond acceptors (Lipinski definition) is 7. The molecule has 1 aromatic rings. The Bertz CT molecular complexity index is 849. The molecule has 10 nitrogen and oxygen atoms in total. The van der Waals surface area contributed by atoms with Gasteiger partial charge in [0.2, 0.25) is 10.0 Å². The summed E-state index contributed by atoms with van der Waals surface area (Å²) in [6.45, 7) is 4.60. The van der Waals surface area contributed by atoms with E-state index in [0.29, 0.717) is 19.8 Å². The second-order valence-corrected chi connectivity index (χ2v) is 8.71. The lowest BCUT2D eigenvalue weighted by Gasteiger charge is -2.26.